The molecule has 17 heavy (non-hydrogen) atoms. The zero-order chi connectivity index (χ0) is 12.8. The summed E-state index contributed by atoms with van der Waals surface area (Å²) < 4.78 is 5.24. The molecule has 1 saturated carbocycles. The van der Waals surface area contributed by atoms with Crippen LogP contribution in [0.5, 0.6) is 0 Å². The van der Waals surface area contributed by atoms with Crippen LogP contribution in [0.25, 0.3) is 0 Å². The van der Waals surface area contributed by atoms with Gasteiger partial charge in [-0.25, -0.2) is 0 Å². The Bertz CT molecular complexity index is 299. The van der Waals surface area contributed by atoms with E-state index >= 15 is 0 Å². The Morgan fingerprint density at radius 3 is 2.94 bits per heavy atom. The number of Topliss-reactive ketones (excluding diaryl/α,β-unsaturated/α-hetero) is 1. The minimum atomic E-state index is -0.221. The number of nitrogens with one attached hydrogen (secondary N) is 1. The van der Waals surface area contributed by atoms with E-state index in [9.17, 15) is 4.79 Å². The average molecular weight is 237 g/mol. The fourth-order valence-electron chi connectivity index (χ4n) is 2.48. The molecule has 0 aromatic rings. The number of methoxy groups -OCH3 is 1. The van der Waals surface area contributed by atoms with Gasteiger partial charge in [-0.1, -0.05) is 24.8 Å². The summed E-state index contributed by atoms with van der Waals surface area (Å²) in [5.41, 5.74) is 1.04. The van der Waals surface area contributed by atoms with Gasteiger partial charge in [0.05, 0.1) is 0 Å². The van der Waals surface area contributed by atoms with Gasteiger partial charge in [-0.2, -0.15) is 0 Å². The lowest BCUT2D eigenvalue weighted by Gasteiger charge is -2.33. The molecule has 3 heteroatoms. The van der Waals surface area contributed by atoms with Gasteiger partial charge in [0, 0.05) is 19.6 Å². The van der Waals surface area contributed by atoms with Crippen LogP contribution in [0.4, 0.5) is 0 Å². The molecular weight excluding hydrogens is 214 g/mol. The van der Waals surface area contributed by atoms with Crippen molar-refractivity contribution in [1.29, 1.82) is 0 Å². The molecule has 0 amide bonds. The summed E-state index contributed by atoms with van der Waals surface area (Å²) in [6, 6.07) is 0.353. The van der Waals surface area contributed by atoms with E-state index in [0.717, 1.165) is 24.8 Å². The molecule has 3 nitrogen and oxygen atoms in total. The SMILES string of the molecule is C=CC(=C)CC(NC)C1CCC(=O)C(OC)C1. The first-order valence-electron chi connectivity index (χ1n) is 6.15. The normalized spacial score (nSPS) is 26.6. The molecule has 1 fully saturated rings. The Morgan fingerprint density at radius 2 is 2.41 bits per heavy atom. The molecule has 1 aliphatic carbocycles. The summed E-state index contributed by atoms with van der Waals surface area (Å²) in [6.07, 6.45) is 4.84. The van der Waals surface area contributed by atoms with E-state index in [1.54, 1.807) is 13.2 Å². The maximum absolute atomic E-state index is 11.6. The van der Waals surface area contributed by atoms with Crippen LogP contribution in [0.1, 0.15) is 25.7 Å². The number of hydrogen-bond donors (Lipinski definition) is 1. The Kier molecular flexibility index (Phi) is 5.59. The third-order valence-electron chi connectivity index (χ3n) is 3.63. The Hall–Kier alpha value is -0.930. The van der Waals surface area contributed by atoms with E-state index in [2.05, 4.69) is 18.5 Å². The van der Waals surface area contributed by atoms with Gasteiger partial charge in [-0.3, -0.25) is 4.79 Å². The monoisotopic (exact) mass is 237 g/mol. The maximum atomic E-state index is 11.6. The van der Waals surface area contributed by atoms with Crippen LogP contribution in [-0.4, -0.2) is 32.1 Å². The van der Waals surface area contributed by atoms with Crippen LogP contribution in [0.15, 0.2) is 24.8 Å². The summed E-state index contributed by atoms with van der Waals surface area (Å²) >= 11 is 0. The number of allylic oxidation sites excluding steroid dienone is 1. The van der Waals surface area contributed by atoms with E-state index in [1.807, 2.05) is 7.05 Å². The highest BCUT2D eigenvalue weighted by atomic mass is 16.5. The second-order valence-corrected chi connectivity index (χ2v) is 4.69. The molecular formula is C14H23NO2. The smallest absolute Gasteiger partial charge is 0.161 e. The summed E-state index contributed by atoms with van der Waals surface area (Å²) in [5.74, 6) is 0.709. The zero-order valence-electron chi connectivity index (χ0n) is 10.9. The third kappa shape index (κ3) is 3.79. The lowest BCUT2D eigenvalue weighted by Crippen LogP contribution is -2.41. The molecule has 1 rings (SSSR count). The lowest BCUT2D eigenvalue weighted by molar-refractivity contribution is -0.133. The third-order valence-corrected chi connectivity index (χ3v) is 3.63. The van der Waals surface area contributed by atoms with Crippen LogP contribution in [0.3, 0.4) is 0 Å². The van der Waals surface area contributed by atoms with Crippen LogP contribution in [0.2, 0.25) is 0 Å². The maximum Gasteiger partial charge on any atom is 0.161 e. The van der Waals surface area contributed by atoms with Gasteiger partial charge in [0.1, 0.15) is 6.10 Å². The largest absolute Gasteiger partial charge is 0.374 e. The average Bonchev–Trinajstić information content (AvgIpc) is 2.36. The predicted octanol–water partition coefficient (Wildman–Crippen LogP) is 2.09. The molecule has 0 spiro atoms. The van der Waals surface area contributed by atoms with Gasteiger partial charge in [0.25, 0.3) is 0 Å². The van der Waals surface area contributed by atoms with Gasteiger partial charge in [0.15, 0.2) is 5.78 Å². The van der Waals surface area contributed by atoms with Gasteiger partial charge in [-0.15, -0.1) is 0 Å². The van der Waals surface area contributed by atoms with Crippen LogP contribution < -0.4 is 5.32 Å². The number of carbonyl (C=O) groups excluding carboxylic acids is 1. The van der Waals surface area contributed by atoms with Crippen molar-refractivity contribution >= 4 is 5.78 Å². The topological polar surface area (TPSA) is 38.3 Å². The number of rotatable bonds is 6. The highest BCUT2D eigenvalue weighted by Crippen LogP contribution is 2.28. The van der Waals surface area contributed by atoms with E-state index in [4.69, 9.17) is 4.74 Å². The summed E-state index contributed by atoms with van der Waals surface area (Å²) in [5, 5.41) is 3.32. The molecule has 0 aromatic heterocycles. The van der Waals surface area contributed by atoms with Crippen molar-refractivity contribution in [3.8, 4) is 0 Å². The van der Waals surface area contributed by atoms with E-state index in [0.29, 0.717) is 18.4 Å². The van der Waals surface area contributed by atoms with E-state index in [-0.39, 0.29) is 11.9 Å². The molecule has 1 aliphatic rings. The zero-order valence-corrected chi connectivity index (χ0v) is 10.9. The lowest BCUT2D eigenvalue weighted by atomic mass is 9.79. The summed E-state index contributed by atoms with van der Waals surface area (Å²) in [6.45, 7) is 7.68. The van der Waals surface area contributed by atoms with Crippen LogP contribution in [0, 0.1) is 5.92 Å². The van der Waals surface area contributed by atoms with Gasteiger partial charge >= 0.3 is 0 Å². The number of ether oxygens (including phenoxy) is 1. The van der Waals surface area contributed by atoms with Gasteiger partial charge < -0.3 is 10.1 Å². The molecule has 0 aliphatic heterocycles. The first-order valence-corrected chi connectivity index (χ1v) is 6.15. The Labute approximate surface area is 104 Å². The van der Waals surface area contributed by atoms with Gasteiger partial charge in [0.2, 0.25) is 0 Å². The van der Waals surface area contributed by atoms with Crippen molar-refractivity contribution in [2.24, 2.45) is 5.92 Å². The van der Waals surface area contributed by atoms with Crippen molar-refractivity contribution < 1.29 is 9.53 Å². The van der Waals surface area contributed by atoms with E-state index < -0.39 is 0 Å². The molecule has 1 N–H and O–H groups in total. The predicted molar refractivity (Wildman–Crippen MR) is 69.9 cm³/mol. The Morgan fingerprint density at radius 1 is 1.71 bits per heavy atom. The van der Waals surface area contributed by atoms with E-state index in [1.165, 1.54) is 0 Å². The van der Waals surface area contributed by atoms with Crippen molar-refractivity contribution in [2.45, 2.75) is 37.8 Å². The molecule has 0 saturated heterocycles. The number of hydrogen-bond acceptors (Lipinski definition) is 3. The van der Waals surface area contributed by atoms with Crippen molar-refractivity contribution in [1.82, 2.24) is 5.32 Å². The first-order chi connectivity index (χ1) is 8.12. The van der Waals surface area contributed by atoms with Crippen LogP contribution in [-0.2, 0) is 9.53 Å². The quantitative estimate of drug-likeness (QED) is 0.719. The molecule has 3 atom stereocenters. The standard InChI is InChI=1S/C14H23NO2/c1-5-10(2)8-12(15-3)11-6-7-13(16)14(9-11)17-4/h5,11-12,14-15H,1-2,6-9H2,3-4H3. The fourth-order valence-corrected chi connectivity index (χ4v) is 2.48. The highest BCUT2D eigenvalue weighted by molar-refractivity contribution is 5.83. The summed E-state index contributed by atoms with van der Waals surface area (Å²) in [4.78, 5) is 11.6. The molecule has 0 heterocycles. The molecule has 0 radical (unpaired) electrons. The van der Waals surface area contributed by atoms with Gasteiger partial charge in [-0.05, 0) is 32.2 Å². The molecule has 96 valence electrons. The summed E-state index contributed by atoms with van der Waals surface area (Å²) in [7, 11) is 3.57. The van der Waals surface area contributed by atoms with Crippen molar-refractivity contribution in [3.63, 3.8) is 0 Å². The Balaban J connectivity index is 2.60. The second kappa shape index (κ2) is 6.72. The number of carbonyl (C=O) groups is 1. The minimum absolute atomic E-state index is 0.221. The van der Waals surface area contributed by atoms with Crippen molar-refractivity contribution in [3.05, 3.63) is 24.8 Å². The minimum Gasteiger partial charge on any atom is -0.374 e. The highest BCUT2D eigenvalue weighted by Gasteiger charge is 2.32. The molecule has 3 unspecified atom stereocenters. The fraction of sp³-hybridized carbons (Fsp3) is 0.643. The second-order valence-electron chi connectivity index (χ2n) is 4.69. The number of ketones is 1. The van der Waals surface area contributed by atoms with Crippen LogP contribution >= 0.6 is 0 Å². The first kappa shape index (κ1) is 14.1. The molecule has 0 bridgehead atoms. The molecule has 0 aromatic carbocycles. The van der Waals surface area contributed by atoms with Crippen molar-refractivity contribution in [2.75, 3.05) is 14.2 Å².